The van der Waals surface area contributed by atoms with Gasteiger partial charge in [0.1, 0.15) is 5.75 Å². The zero-order valence-corrected chi connectivity index (χ0v) is 15.4. The molecule has 0 radical (unpaired) electrons. The van der Waals surface area contributed by atoms with Crippen LogP contribution in [0.1, 0.15) is 5.56 Å². The van der Waals surface area contributed by atoms with Crippen molar-refractivity contribution in [1.29, 1.82) is 5.26 Å². The van der Waals surface area contributed by atoms with Crippen molar-refractivity contribution in [2.75, 3.05) is 11.9 Å². The van der Waals surface area contributed by atoms with Crippen LogP contribution in [0.25, 0.3) is 10.9 Å². The number of fused-ring (bicyclic) bond motifs is 1. The first-order valence-electron chi connectivity index (χ1n) is 8.65. The van der Waals surface area contributed by atoms with E-state index in [-0.39, 0.29) is 11.8 Å². The van der Waals surface area contributed by atoms with Crippen LogP contribution >= 0.6 is 0 Å². The van der Waals surface area contributed by atoms with Gasteiger partial charge in [0.2, 0.25) is 5.82 Å². The Morgan fingerprint density at radius 3 is 2.34 bits per heavy atom. The lowest BCUT2D eigenvalue weighted by Gasteiger charge is -2.19. The van der Waals surface area contributed by atoms with Gasteiger partial charge in [-0.1, -0.05) is 0 Å². The van der Waals surface area contributed by atoms with E-state index in [1.807, 2.05) is 36.2 Å². The highest BCUT2D eigenvalue weighted by molar-refractivity contribution is 5.87. The fourth-order valence-electron chi connectivity index (χ4n) is 2.81. The second-order valence-electron chi connectivity index (χ2n) is 6.13. The predicted molar refractivity (Wildman–Crippen MR) is 109 cm³/mol. The van der Waals surface area contributed by atoms with Gasteiger partial charge in [-0.3, -0.25) is 4.98 Å². The molecule has 2 heterocycles. The molecule has 0 spiro atoms. The molecule has 0 aliphatic heterocycles. The SMILES string of the molecule is CN(c1ccc(C#N)cc1)c1ccc(Oc2nc(N=O)c3ccncc3n2)cc1. The number of hydrogen-bond donors (Lipinski definition) is 0. The van der Waals surface area contributed by atoms with Gasteiger partial charge in [0.05, 0.1) is 28.7 Å². The van der Waals surface area contributed by atoms with Gasteiger partial charge >= 0.3 is 6.01 Å². The van der Waals surface area contributed by atoms with Gasteiger partial charge in [-0.2, -0.15) is 15.2 Å². The third kappa shape index (κ3) is 3.70. The van der Waals surface area contributed by atoms with Crippen LogP contribution in [0.15, 0.2) is 72.2 Å². The van der Waals surface area contributed by atoms with Crippen molar-refractivity contribution in [2.45, 2.75) is 0 Å². The van der Waals surface area contributed by atoms with Gasteiger partial charge in [0.25, 0.3) is 0 Å². The number of anilines is 2. The van der Waals surface area contributed by atoms with E-state index in [1.165, 1.54) is 6.20 Å². The number of nitrogens with zero attached hydrogens (tertiary/aromatic N) is 6. The Balaban J connectivity index is 1.56. The third-order valence-corrected chi connectivity index (χ3v) is 4.36. The van der Waals surface area contributed by atoms with E-state index in [0.29, 0.717) is 22.2 Å². The molecule has 8 nitrogen and oxygen atoms in total. The number of pyridine rings is 1. The van der Waals surface area contributed by atoms with Crippen LogP contribution in [0.4, 0.5) is 17.2 Å². The topological polar surface area (TPSA) is 104 Å². The van der Waals surface area contributed by atoms with Crippen molar-refractivity contribution < 1.29 is 4.74 Å². The first-order valence-corrected chi connectivity index (χ1v) is 8.65. The number of aromatic nitrogens is 3. The first kappa shape index (κ1) is 18.0. The normalized spacial score (nSPS) is 10.3. The Bertz CT molecular complexity index is 1220. The summed E-state index contributed by atoms with van der Waals surface area (Å²) in [7, 11) is 1.93. The molecule has 0 unspecified atom stereocenters. The first-order chi connectivity index (χ1) is 14.2. The van der Waals surface area contributed by atoms with Crippen LogP contribution in [0.3, 0.4) is 0 Å². The van der Waals surface area contributed by atoms with Gasteiger partial charge in [-0.25, -0.2) is 0 Å². The van der Waals surface area contributed by atoms with Gasteiger partial charge in [-0.05, 0) is 59.8 Å². The van der Waals surface area contributed by atoms with E-state index in [2.05, 4.69) is 26.2 Å². The van der Waals surface area contributed by atoms with E-state index in [0.717, 1.165) is 11.4 Å². The minimum absolute atomic E-state index is 0.00423. The highest BCUT2D eigenvalue weighted by atomic mass is 16.5. The molecule has 0 fully saturated rings. The zero-order chi connectivity index (χ0) is 20.2. The van der Waals surface area contributed by atoms with Crippen molar-refractivity contribution in [2.24, 2.45) is 5.18 Å². The van der Waals surface area contributed by atoms with Crippen molar-refractivity contribution in [3.63, 3.8) is 0 Å². The van der Waals surface area contributed by atoms with E-state index in [9.17, 15) is 4.91 Å². The molecule has 0 amide bonds. The minimum Gasteiger partial charge on any atom is -0.424 e. The molecule has 0 atom stereocenters. The summed E-state index contributed by atoms with van der Waals surface area (Å²) in [6.45, 7) is 0. The Morgan fingerprint density at radius 2 is 1.69 bits per heavy atom. The summed E-state index contributed by atoms with van der Waals surface area (Å²) in [6.07, 6.45) is 3.07. The molecule has 140 valence electrons. The van der Waals surface area contributed by atoms with Crippen LogP contribution in [0.2, 0.25) is 0 Å². The van der Waals surface area contributed by atoms with Crippen LogP contribution < -0.4 is 9.64 Å². The number of nitroso groups, excluding NO2 is 1. The standard InChI is InChI=1S/C21H14N6O2/c1-27(15-4-2-14(12-22)3-5-15)16-6-8-17(9-7-16)29-21-24-19-13-23-11-10-18(19)20(25-21)26-28/h2-11,13H,1H3. The summed E-state index contributed by atoms with van der Waals surface area (Å²) in [4.78, 5) is 25.4. The molecule has 29 heavy (non-hydrogen) atoms. The molecule has 4 aromatic rings. The maximum absolute atomic E-state index is 11.1. The Morgan fingerprint density at radius 1 is 1.00 bits per heavy atom. The Labute approximate surface area is 166 Å². The maximum atomic E-state index is 11.1. The lowest BCUT2D eigenvalue weighted by molar-refractivity contribution is 0.445. The van der Waals surface area contributed by atoms with Crippen molar-refractivity contribution in [3.05, 3.63) is 77.5 Å². The molecule has 4 rings (SSSR count). The average molecular weight is 382 g/mol. The highest BCUT2D eigenvalue weighted by Crippen LogP contribution is 2.29. The number of nitriles is 1. The van der Waals surface area contributed by atoms with Crippen molar-refractivity contribution >= 4 is 28.1 Å². The molecular weight excluding hydrogens is 368 g/mol. The van der Waals surface area contributed by atoms with Crippen LogP contribution in [0.5, 0.6) is 11.8 Å². The Kier molecular flexibility index (Phi) is 4.78. The van der Waals surface area contributed by atoms with Crippen LogP contribution in [-0.2, 0) is 0 Å². The van der Waals surface area contributed by atoms with Crippen molar-refractivity contribution in [3.8, 4) is 17.8 Å². The largest absolute Gasteiger partial charge is 0.424 e. The molecule has 0 saturated carbocycles. The summed E-state index contributed by atoms with van der Waals surface area (Å²) in [5, 5.41) is 12.4. The predicted octanol–water partition coefficient (Wildman–Crippen LogP) is 4.85. The summed E-state index contributed by atoms with van der Waals surface area (Å²) in [5.74, 6) is 0.520. The molecule has 8 heteroatoms. The molecule has 0 aliphatic rings. The minimum atomic E-state index is 0.00423. The number of rotatable bonds is 5. The zero-order valence-electron chi connectivity index (χ0n) is 15.4. The molecule has 2 aromatic carbocycles. The summed E-state index contributed by atoms with van der Waals surface area (Å²) in [6, 6.07) is 18.4. The lowest BCUT2D eigenvalue weighted by Crippen LogP contribution is -2.09. The smallest absolute Gasteiger partial charge is 0.324 e. The molecule has 0 bridgehead atoms. The molecule has 0 N–H and O–H groups in total. The third-order valence-electron chi connectivity index (χ3n) is 4.36. The number of benzene rings is 2. The molecular formula is C21H14N6O2. The summed E-state index contributed by atoms with van der Waals surface area (Å²) in [5.41, 5.74) is 2.97. The highest BCUT2D eigenvalue weighted by Gasteiger charge is 2.11. The fourth-order valence-corrected chi connectivity index (χ4v) is 2.81. The van der Waals surface area contributed by atoms with Crippen LogP contribution in [-0.4, -0.2) is 22.0 Å². The average Bonchev–Trinajstić information content (AvgIpc) is 2.78. The number of hydrogen-bond acceptors (Lipinski definition) is 8. The van der Waals surface area contributed by atoms with Gasteiger partial charge in [0, 0.05) is 24.6 Å². The van der Waals surface area contributed by atoms with Gasteiger partial charge in [-0.15, -0.1) is 4.91 Å². The monoisotopic (exact) mass is 382 g/mol. The fraction of sp³-hybridized carbons (Fsp3) is 0.0476. The summed E-state index contributed by atoms with van der Waals surface area (Å²) >= 11 is 0. The molecule has 0 aliphatic carbocycles. The van der Waals surface area contributed by atoms with E-state index in [4.69, 9.17) is 10.00 Å². The van der Waals surface area contributed by atoms with Crippen molar-refractivity contribution in [1.82, 2.24) is 15.0 Å². The second-order valence-corrected chi connectivity index (χ2v) is 6.13. The maximum Gasteiger partial charge on any atom is 0.324 e. The second kappa shape index (κ2) is 7.70. The van der Waals surface area contributed by atoms with E-state index in [1.54, 1.807) is 36.5 Å². The summed E-state index contributed by atoms with van der Waals surface area (Å²) < 4.78 is 5.70. The van der Waals surface area contributed by atoms with E-state index < -0.39 is 0 Å². The quantitative estimate of drug-likeness (QED) is 0.454. The van der Waals surface area contributed by atoms with Crippen LogP contribution in [0, 0.1) is 16.2 Å². The lowest BCUT2D eigenvalue weighted by atomic mass is 10.2. The number of ether oxygens (including phenoxy) is 1. The Hall–Kier alpha value is -4.38. The van der Waals surface area contributed by atoms with Gasteiger partial charge in [0.15, 0.2) is 0 Å². The molecule has 0 saturated heterocycles. The van der Waals surface area contributed by atoms with Gasteiger partial charge < -0.3 is 9.64 Å². The molecule has 2 aromatic heterocycles. The van der Waals surface area contributed by atoms with E-state index >= 15 is 0 Å².